The predicted octanol–water partition coefficient (Wildman–Crippen LogP) is 10.6. The normalized spacial score (nSPS) is 19.9. The van der Waals surface area contributed by atoms with Crippen LogP contribution in [0, 0.1) is 0 Å². The monoisotopic (exact) mass is 584 g/mol. The molecule has 1 aliphatic heterocycles. The smallest absolute Gasteiger partial charge is 0.0250 e. The minimum atomic E-state index is 0.543. The highest BCUT2D eigenvalue weighted by atomic mass is 32.2. The zero-order chi connectivity index (χ0) is 24.4. The molecule has 0 unspecified atom stereocenters. The number of rotatable bonds is 14. The topological polar surface area (TPSA) is 0 Å². The summed E-state index contributed by atoms with van der Waals surface area (Å²) in [6.07, 6.45) is 20.2. The molecule has 1 heterocycles. The highest BCUT2D eigenvalue weighted by Crippen LogP contribution is 2.40. The first-order chi connectivity index (χ1) is 16.8. The van der Waals surface area contributed by atoms with Crippen molar-refractivity contribution in [2.45, 2.75) is 108 Å². The largest absolute Gasteiger partial charge is 0.160 e. The van der Waals surface area contributed by atoms with Crippen molar-refractivity contribution in [2.75, 3.05) is 63.3 Å². The highest BCUT2D eigenvalue weighted by molar-refractivity contribution is 8.07. The zero-order valence-corrected chi connectivity index (χ0v) is 27.5. The zero-order valence-electron chi connectivity index (χ0n) is 22.6. The van der Waals surface area contributed by atoms with Crippen LogP contribution >= 0.6 is 70.6 Å². The van der Waals surface area contributed by atoms with Crippen LogP contribution in [0.25, 0.3) is 0 Å². The van der Waals surface area contributed by atoms with Crippen LogP contribution in [0.2, 0.25) is 0 Å². The molecule has 0 aromatic heterocycles. The molecule has 1 fully saturated rings. The van der Waals surface area contributed by atoms with Crippen molar-refractivity contribution in [2.24, 2.45) is 0 Å². The lowest BCUT2D eigenvalue weighted by atomic mass is 9.94. The van der Waals surface area contributed by atoms with Crippen LogP contribution in [0.4, 0.5) is 0 Å². The maximum absolute atomic E-state index is 2.39. The van der Waals surface area contributed by atoms with Crippen LogP contribution < -0.4 is 0 Å². The van der Waals surface area contributed by atoms with Gasteiger partial charge in [-0.2, -0.15) is 70.6 Å². The Bertz CT molecular complexity index is 370. The molecule has 1 aliphatic rings. The standard InChI is InChI=1S/C28H56S6/c1-3-5-7-9-11-13-15-28(16-14-12-10-8-6-4-2)27-33-24-23-31-20-19-29-17-18-30-21-22-32-25-26-34-28/h3-27H2,1-2H3. The number of unbranched alkanes of at least 4 members (excludes halogenated alkanes) is 10. The van der Waals surface area contributed by atoms with Gasteiger partial charge in [0.05, 0.1) is 0 Å². The fraction of sp³-hybridized carbons (Fsp3) is 1.00. The van der Waals surface area contributed by atoms with E-state index in [2.05, 4.69) is 84.4 Å². The van der Waals surface area contributed by atoms with E-state index in [0.717, 1.165) is 0 Å². The van der Waals surface area contributed by atoms with Gasteiger partial charge in [0.1, 0.15) is 0 Å². The van der Waals surface area contributed by atoms with Gasteiger partial charge in [0.2, 0.25) is 0 Å². The van der Waals surface area contributed by atoms with E-state index in [1.807, 2.05) is 0 Å². The summed E-state index contributed by atoms with van der Waals surface area (Å²) in [6, 6.07) is 0. The van der Waals surface area contributed by atoms with Gasteiger partial charge in [-0.25, -0.2) is 0 Å². The molecule has 0 saturated carbocycles. The summed E-state index contributed by atoms with van der Waals surface area (Å²) in [7, 11) is 0. The second-order valence-electron chi connectivity index (χ2n) is 9.57. The molecule has 1 rings (SSSR count). The summed E-state index contributed by atoms with van der Waals surface area (Å²) in [5.74, 6) is 14.9. The Morgan fingerprint density at radius 2 is 0.765 bits per heavy atom. The van der Waals surface area contributed by atoms with Gasteiger partial charge in [-0.3, -0.25) is 0 Å². The first kappa shape index (κ1) is 34.1. The number of hydrogen-bond acceptors (Lipinski definition) is 6. The molecular formula is C28H56S6. The molecule has 0 radical (unpaired) electrons. The lowest BCUT2D eigenvalue weighted by Gasteiger charge is -2.34. The van der Waals surface area contributed by atoms with E-state index in [9.17, 15) is 0 Å². The van der Waals surface area contributed by atoms with E-state index in [1.165, 1.54) is 153 Å². The molecule has 1 saturated heterocycles. The van der Waals surface area contributed by atoms with Gasteiger partial charge in [0, 0.05) is 68.0 Å². The summed E-state index contributed by atoms with van der Waals surface area (Å²) >= 11 is 13.4. The van der Waals surface area contributed by atoms with E-state index in [4.69, 9.17) is 0 Å². The summed E-state index contributed by atoms with van der Waals surface area (Å²) < 4.78 is 0.543. The van der Waals surface area contributed by atoms with Gasteiger partial charge in [0.25, 0.3) is 0 Å². The summed E-state index contributed by atoms with van der Waals surface area (Å²) in [5, 5.41) is 0. The predicted molar refractivity (Wildman–Crippen MR) is 178 cm³/mol. The Labute approximate surface area is 240 Å². The average molecular weight is 585 g/mol. The van der Waals surface area contributed by atoms with Crippen molar-refractivity contribution in [1.29, 1.82) is 0 Å². The highest BCUT2D eigenvalue weighted by Gasteiger charge is 2.29. The molecule has 0 N–H and O–H groups in total. The Hall–Kier alpha value is 2.10. The fourth-order valence-corrected chi connectivity index (χ4v) is 12.2. The molecule has 0 aromatic carbocycles. The maximum atomic E-state index is 2.39. The molecule has 0 atom stereocenters. The van der Waals surface area contributed by atoms with E-state index in [0.29, 0.717) is 4.75 Å². The van der Waals surface area contributed by atoms with Gasteiger partial charge in [-0.05, 0) is 12.8 Å². The van der Waals surface area contributed by atoms with E-state index >= 15 is 0 Å². The summed E-state index contributed by atoms with van der Waals surface area (Å²) in [6.45, 7) is 4.67. The first-order valence-corrected chi connectivity index (χ1v) is 21.1. The second-order valence-corrected chi connectivity index (χ2v) is 17.1. The van der Waals surface area contributed by atoms with Gasteiger partial charge in [-0.15, -0.1) is 0 Å². The number of thioether (sulfide) groups is 6. The second kappa shape index (κ2) is 26.7. The Morgan fingerprint density at radius 3 is 1.21 bits per heavy atom. The molecular weight excluding hydrogens is 529 g/mol. The summed E-state index contributed by atoms with van der Waals surface area (Å²) in [4.78, 5) is 0. The Morgan fingerprint density at radius 1 is 0.412 bits per heavy atom. The van der Waals surface area contributed by atoms with Crippen molar-refractivity contribution < 1.29 is 0 Å². The van der Waals surface area contributed by atoms with Crippen molar-refractivity contribution in [3.05, 3.63) is 0 Å². The molecule has 34 heavy (non-hydrogen) atoms. The summed E-state index contributed by atoms with van der Waals surface area (Å²) in [5.41, 5.74) is 0. The quantitative estimate of drug-likeness (QED) is 0.185. The van der Waals surface area contributed by atoms with Crippen molar-refractivity contribution in [1.82, 2.24) is 0 Å². The lowest BCUT2D eigenvalue weighted by Crippen LogP contribution is -2.29. The minimum Gasteiger partial charge on any atom is -0.160 e. The fourth-order valence-electron chi connectivity index (χ4n) is 4.37. The lowest BCUT2D eigenvalue weighted by molar-refractivity contribution is 0.471. The molecule has 0 aromatic rings. The number of hydrogen-bond donors (Lipinski definition) is 0. The van der Waals surface area contributed by atoms with E-state index < -0.39 is 0 Å². The first-order valence-electron chi connectivity index (χ1n) is 14.4. The van der Waals surface area contributed by atoms with Gasteiger partial charge in [-0.1, -0.05) is 90.9 Å². The van der Waals surface area contributed by atoms with Crippen LogP contribution in [-0.4, -0.2) is 68.0 Å². The van der Waals surface area contributed by atoms with Gasteiger partial charge >= 0.3 is 0 Å². The van der Waals surface area contributed by atoms with Crippen molar-refractivity contribution in [3.63, 3.8) is 0 Å². The third-order valence-electron chi connectivity index (χ3n) is 6.46. The Balaban J connectivity index is 2.60. The van der Waals surface area contributed by atoms with Gasteiger partial charge < -0.3 is 0 Å². The molecule has 0 spiro atoms. The van der Waals surface area contributed by atoms with Gasteiger partial charge in [0.15, 0.2) is 0 Å². The van der Waals surface area contributed by atoms with Crippen molar-refractivity contribution in [3.8, 4) is 0 Å². The minimum absolute atomic E-state index is 0.543. The molecule has 6 heteroatoms. The van der Waals surface area contributed by atoms with Crippen LogP contribution in [-0.2, 0) is 0 Å². The van der Waals surface area contributed by atoms with E-state index in [1.54, 1.807) is 0 Å². The third-order valence-corrected chi connectivity index (χ3v) is 14.7. The molecule has 0 bridgehead atoms. The van der Waals surface area contributed by atoms with Crippen LogP contribution in [0.1, 0.15) is 104 Å². The SMILES string of the molecule is CCCCCCCCC1(CCCCCCCC)CSCCSCCSCCSCCSCCS1. The molecule has 0 amide bonds. The third kappa shape index (κ3) is 21.1. The van der Waals surface area contributed by atoms with Crippen LogP contribution in [0.15, 0.2) is 0 Å². The van der Waals surface area contributed by atoms with E-state index in [-0.39, 0.29) is 0 Å². The average Bonchev–Trinajstić information content (AvgIpc) is 2.84. The maximum Gasteiger partial charge on any atom is 0.0250 e. The van der Waals surface area contributed by atoms with Crippen molar-refractivity contribution >= 4 is 70.6 Å². The molecule has 0 aliphatic carbocycles. The molecule has 0 nitrogen and oxygen atoms in total. The molecule has 204 valence electrons. The van der Waals surface area contributed by atoms with Crippen LogP contribution in [0.5, 0.6) is 0 Å². The van der Waals surface area contributed by atoms with Crippen LogP contribution in [0.3, 0.4) is 0 Å². The Kier molecular flexibility index (Phi) is 26.8.